The standard InChI is InChI=1S/C16H17FO3/c1-10-7-16(14(11(2)18)9-15(10)17)20-13-6-4-5-12(8-13)19-3/h4-9,11,18H,1-3H3/t11-/m1/s1. The molecule has 0 unspecified atom stereocenters. The van der Waals surface area contributed by atoms with E-state index >= 15 is 0 Å². The molecule has 4 heteroatoms. The van der Waals surface area contributed by atoms with Crippen LogP contribution in [0.5, 0.6) is 17.2 Å². The number of methoxy groups -OCH3 is 1. The van der Waals surface area contributed by atoms with E-state index < -0.39 is 6.10 Å². The van der Waals surface area contributed by atoms with Gasteiger partial charge in [0.2, 0.25) is 0 Å². The third kappa shape index (κ3) is 3.08. The van der Waals surface area contributed by atoms with Gasteiger partial charge >= 0.3 is 0 Å². The van der Waals surface area contributed by atoms with Crippen molar-refractivity contribution in [1.29, 1.82) is 0 Å². The summed E-state index contributed by atoms with van der Waals surface area (Å²) >= 11 is 0. The number of rotatable bonds is 4. The molecular formula is C16H17FO3. The Kier molecular flexibility index (Phi) is 4.25. The summed E-state index contributed by atoms with van der Waals surface area (Å²) in [6.07, 6.45) is -0.814. The maximum Gasteiger partial charge on any atom is 0.133 e. The number of halogens is 1. The van der Waals surface area contributed by atoms with E-state index in [9.17, 15) is 9.50 Å². The lowest BCUT2D eigenvalue weighted by molar-refractivity contribution is 0.195. The van der Waals surface area contributed by atoms with E-state index in [1.807, 2.05) is 0 Å². The molecule has 1 atom stereocenters. The van der Waals surface area contributed by atoms with Crippen molar-refractivity contribution in [2.24, 2.45) is 0 Å². The van der Waals surface area contributed by atoms with Gasteiger partial charge in [0.15, 0.2) is 0 Å². The number of benzene rings is 2. The number of hydrogen-bond donors (Lipinski definition) is 1. The van der Waals surface area contributed by atoms with Gasteiger partial charge in [0.25, 0.3) is 0 Å². The van der Waals surface area contributed by atoms with E-state index in [1.54, 1.807) is 51.3 Å². The Morgan fingerprint density at radius 3 is 2.50 bits per heavy atom. The van der Waals surface area contributed by atoms with Crippen LogP contribution >= 0.6 is 0 Å². The molecule has 0 radical (unpaired) electrons. The molecule has 2 aromatic carbocycles. The SMILES string of the molecule is COc1cccc(Oc2cc(C)c(F)cc2[C@@H](C)O)c1. The average molecular weight is 276 g/mol. The molecule has 3 nitrogen and oxygen atoms in total. The Balaban J connectivity index is 2.39. The lowest BCUT2D eigenvalue weighted by Crippen LogP contribution is -1.99. The zero-order chi connectivity index (χ0) is 14.7. The summed E-state index contributed by atoms with van der Waals surface area (Å²) in [6, 6.07) is 9.98. The normalized spacial score (nSPS) is 12.1. The predicted octanol–water partition coefficient (Wildman–Crippen LogP) is 3.99. The Labute approximate surface area is 117 Å². The first kappa shape index (κ1) is 14.3. The lowest BCUT2D eigenvalue weighted by atomic mass is 10.1. The molecule has 0 bridgehead atoms. The average Bonchev–Trinajstić information content (AvgIpc) is 2.42. The van der Waals surface area contributed by atoms with Crippen molar-refractivity contribution >= 4 is 0 Å². The Morgan fingerprint density at radius 1 is 1.15 bits per heavy atom. The zero-order valence-electron chi connectivity index (χ0n) is 11.7. The van der Waals surface area contributed by atoms with E-state index in [0.29, 0.717) is 28.4 Å². The third-order valence-electron chi connectivity index (χ3n) is 3.01. The predicted molar refractivity (Wildman–Crippen MR) is 74.8 cm³/mol. The topological polar surface area (TPSA) is 38.7 Å². The van der Waals surface area contributed by atoms with Crippen LogP contribution in [0.3, 0.4) is 0 Å². The molecule has 0 aliphatic rings. The van der Waals surface area contributed by atoms with Crippen LogP contribution in [0.4, 0.5) is 4.39 Å². The molecule has 0 saturated heterocycles. The quantitative estimate of drug-likeness (QED) is 0.917. The fourth-order valence-corrected chi connectivity index (χ4v) is 1.88. The number of aryl methyl sites for hydroxylation is 1. The molecular weight excluding hydrogens is 259 g/mol. The summed E-state index contributed by atoms with van der Waals surface area (Å²) in [5.74, 6) is 1.31. The minimum Gasteiger partial charge on any atom is -0.497 e. The summed E-state index contributed by atoms with van der Waals surface area (Å²) in [7, 11) is 1.57. The molecule has 0 aromatic heterocycles. The molecule has 0 aliphatic carbocycles. The molecule has 0 spiro atoms. The largest absolute Gasteiger partial charge is 0.497 e. The Morgan fingerprint density at radius 2 is 1.85 bits per heavy atom. The highest BCUT2D eigenvalue weighted by Gasteiger charge is 2.14. The van der Waals surface area contributed by atoms with Crippen molar-refractivity contribution in [2.75, 3.05) is 7.11 Å². The highest BCUT2D eigenvalue weighted by molar-refractivity contribution is 5.43. The van der Waals surface area contributed by atoms with E-state index in [-0.39, 0.29) is 5.82 Å². The third-order valence-corrected chi connectivity index (χ3v) is 3.01. The Bertz CT molecular complexity index is 609. The first-order chi connectivity index (χ1) is 9.51. The second-order valence-electron chi connectivity index (χ2n) is 4.60. The summed E-state index contributed by atoms with van der Waals surface area (Å²) in [6.45, 7) is 3.22. The van der Waals surface area contributed by atoms with Crippen molar-refractivity contribution in [3.05, 3.63) is 53.3 Å². The zero-order valence-corrected chi connectivity index (χ0v) is 11.7. The molecule has 0 saturated carbocycles. The summed E-state index contributed by atoms with van der Waals surface area (Å²) in [5, 5.41) is 9.73. The molecule has 20 heavy (non-hydrogen) atoms. The van der Waals surface area contributed by atoms with Gasteiger partial charge in [-0.05, 0) is 43.7 Å². The summed E-state index contributed by atoms with van der Waals surface area (Å²) < 4.78 is 24.5. The van der Waals surface area contributed by atoms with Gasteiger partial charge in [-0.15, -0.1) is 0 Å². The highest BCUT2D eigenvalue weighted by Crippen LogP contribution is 2.33. The molecule has 2 aromatic rings. The van der Waals surface area contributed by atoms with Crippen LogP contribution < -0.4 is 9.47 Å². The minimum atomic E-state index is -0.814. The number of ether oxygens (including phenoxy) is 2. The smallest absolute Gasteiger partial charge is 0.133 e. The van der Waals surface area contributed by atoms with Gasteiger partial charge in [0.05, 0.1) is 13.2 Å². The van der Waals surface area contributed by atoms with Gasteiger partial charge in [-0.3, -0.25) is 0 Å². The summed E-state index contributed by atoms with van der Waals surface area (Å²) in [5.41, 5.74) is 0.878. The first-order valence-corrected chi connectivity index (χ1v) is 6.31. The number of aliphatic hydroxyl groups excluding tert-OH is 1. The van der Waals surface area contributed by atoms with Crippen molar-refractivity contribution < 1.29 is 19.0 Å². The fraction of sp³-hybridized carbons (Fsp3) is 0.250. The van der Waals surface area contributed by atoms with Gasteiger partial charge in [-0.1, -0.05) is 6.07 Å². The molecule has 0 aliphatic heterocycles. The summed E-state index contributed by atoms with van der Waals surface area (Å²) in [4.78, 5) is 0. The second kappa shape index (κ2) is 5.92. The maximum atomic E-state index is 13.6. The van der Waals surface area contributed by atoms with E-state index in [0.717, 1.165) is 0 Å². The Hall–Kier alpha value is -2.07. The van der Waals surface area contributed by atoms with E-state index in [4.69, 9.17) is 9.47 Å². The van der Waals surface area contributed by atoms with Crippen LogP contribution in [-0.2, 0) is 0 Å². The van der Waals surface area contributed by atoms with Gasteiger partial charge in [0.1, 0.15) is 23.1 Å². The van der Waals surface area contributed by atoms with E-state index in [2.05, 4.69) is 0 Å². The second-order valence-corrected chi connectivity index (χ2v) is 4.60. The molecule has 0 fully saturated rings. The first-order valence-electron chi connectivity index (χ1n) is 6.31. The molecule has 1 N–H and O–H groups in total. The number of hydrogen-bond acceptors (Lipinski definition) is 3. The minimum absolute atomic E-state index is 0.362. The molecule has 106 valence electrons. The van der Waals surface area contributed by atoms with Crippen LogP contribution in [0.2, 0.25) is 0 Å². The van der Waals surface area contributed by atoms with Gasteiger partial charge < -0.3 is 14.6 Å². The van der Waals surface area contributed by atoms with Gasteiger partial charge in [-0.2, -0.15) is 0 Å². The van der Waals surface area contributed by atoms with Crippen LogP contribution in [0.25, 0.3) is 0 Å². The number of aliphatic hydroxyl groups is 1. The van der Waals surface area contributed by atoms with Crippen LogP contribution in [0.15, 0.2) is 36.4 Å². The maximum absolute atomic E-state index is 13.6. The fourth-order valence-electron chi connectivity index (χ4n) is 1.88. The van der Waals surface area contributed by atoms with Crippen molar-refractivity contribution in [2.45, 2.75) is 20.0 Å². The van der Waals surface area contributed by atoms with Crippen LogP contribution in [0, 0.1) is 12.7 Å². The molecule has 2 rings (SSSR count). The monoisotopic (exact) mass is 276 g/mol. The van der Waals surface area contributed by atoms with Crippen molar-refractivity contribution in [1.82, 2.24) is 0 Å². The van der Waals surface area contributed by atoms with Crippen LogP contribution in [0.1, 0.15) is 24.2 Å². The molecule has 0 heterocycles. The highest BCUT2D eigenvalue weighted by atomic mass is 19.1. The lowest BCUT2D eigenvalue weighted by Gasteiger charge is -2.15. The van der Waals surface area contributed by atoms with Crippen molar-refractivity contribution in [3.8, 4) is 17.2 Å². The van der Waals surface area contributed by atoms with Crippen LogP contribution in [-0.4, -0.2) is 12.2 Å². The molecule has 0 amide bonds. The van der Waals surface area contributed by atoms with Gasteiger partial charge in [0, 0.05) is 11.6 Å². The van der Waals surface area contributed by atoms with Crippen molar-refractivity contribution in [3.63, 3.8) is 0 Å². The van der Waals surface area contributed by atoms with Gasteiger partial charge in [-0.25, -0.2) is 4.39 Å². The van der Waals surface area contributed by atoms with E-state index in [1.165, 1.54) is 6.07 Å².